The summed E-state index contributed by atoms with van der Waals surface area (Å²) in [7, 11) is 0. The van der Waals surface area contributed by atoms with Gasteiger partial charge in [0.05, 0.1) is 11.2 Å². The minimum absolute atomic E-state index is 0.209. The van der Waals surface area contributed by atoms with E-state index in [-0.39, 0.29) is 5.82 Å². The highest BCUT2D eigenvalue weighted by Crippen LogP contribution is 2.28. The highest BCUT2D eigenvalue weighted by Gasteiger charge is 2.27. The molecule has 2 aromatic rings. The molecule has 0 radical (unpaired) electrons. The molecule has 4 heteroatoms. The van der Waals surface area contributed by atoms with Crippen molar-refractivity contribution in [1.29, 1.82) is 0 Å². The van der Waals surface area contributed by atoms with Crippen LogP contribution in [0.3, 0.4) is 0 Å². The van der Waals surface area contributed by atoms with Crippen LogP contribution < -0.4 is 5.73 Å². The summed E-state index contributed by atoms with van der Waals surface area (Å²) in [6.45, 7) is 6.11. The second kappa shape index (κ2) is 5.39. The second-order valence-corrected chi connectivity index (χ2v) is 6.28. The van der Waals surface area contributed by atoms with E-state index in [1.165, 1.54) is 6.07 Å². The molecule has 0 aliphatic heterocycles. The zero-order valence-electron chi connectivity index (χ0n) is 11.5. The van der Waals surface area contributed by atoms with Crippen molar-refractivity contribution < 1.29 is 4.39 Å². The lowest BCUT2D eigenvalue weighted by molar-refractivity contribution is 0.471. The Kier molecular flexibility index (Phi) is 4.02. The van der Waals surface area contributed by atoms with Crippen LogP contribution in [0, 0.1) is 5.82 Å². The quantitative estimate of drug-likeness (QED) is 0.923. The zero-order chi connectivity index (χ0) is 14.0. The Morgan fingerprint density at radius 3 is 2.63 bits per heavy atom. The molecule has 2 nitrogen and oxygen atoms in total. The van der Waals surface area contributed by atoms with Gasteiger partial charge in [0, 0.05) is 5.38 Å². The predicted octanol–water partition coefficient (Wildman–Crippen LogP) is 3.82. The Morgan fingerprint density at radius 2 is 2.05 bits per heavy atom. The summed E-state index contributed by atoms with van der Waals surface area (Å²) in [6.07, 6.45) is 0.449. The molecule has 1 aromatic carbocycles. The molecule has 0 amide bonds. The molecule has 1 aromatic heterocycles. The fourth-order valence-corrected chi connectivity index (χ4v) is 2.98. The first kappa shape index (κ1) is 14.2. The van der Waals surface area contributed by atoms with Gasteiger partial charge in [0.15, 0.2) is 0 Å². The van der Waals surface area contributed by atoms with Gasteiger partial charge in [-0.3, -0.25) is 0 Å². The Labute approximate surface area is 117 Å². The molecular formula is C15H19FN2S. The predicted molar refractivity (Wildman–Crippen MR) is 77.8 cm³/mol. The van der Waals surface area contributed by atoms with Crippen molar-refractivity contribution in [3.63, 3.8) is 0 Å². The van der Waals surface area contributed by atoms with Crippen molar-refractivity contribution in [2.45, 2.75) is 38.6 Å². The lowest BCUT2D eigenvalue weighted by Gasteiger charge is -2.22. The van der Waals surface area contributed by atoms with Gasteiger partial charge in [-0.25, -0.2) is 9.37 Å². The van der Waals surface area contributed by atoms with E-state index in [1.807, 2.05) is 18.4 Å². The number of benzene rings is 1. The summed E-state index contributed by atoms with van der Waals surface area (Å²) in [5.74, 6) is 0.175. The average Bonchev–Trinajstić information content (AvgIpc) is 2.82. The van der Waals surface area contributed by atoms with Crippen LogP contribution in [0.15, 0.2) is 29.6 Å². The minimum atomic E-state index is -0.639. The van der Waals surface area contributed by atoms with Gasteiger partial charge in [0.25, 0.3) is 0 Å². The van der Waals surface area contributed by atoms with E-state index >= 15 is 0 Å². The van der Waals surface area contributed by atoms with Crippen LogP contribution in [0.2, 0.25) is 0 Å². The van der Waals surface area contributed by atoms with Crippen molar-refractivity contribution >= 4 is 11.3 Å². The molecule has 0 fully saturated rings. The largest absolute Gasteiger partial charge is 0.319 e. The normalized spacial score (nSPS) is 14.6. The van der Waals surface area contributed by atoms with E-state index in [0.717, 1.165) is 10.7 Å². The van der Waals surface area contributed by atoms with Gasteiger partial charge in [-0.1, -0.05) is 32.0 Å². The fourth-order valence-electron chi connectivity index (χ4n) is 1.93. The highest BCUT2D eigenvalue weighted by molar-refractivity contribution is 7.09. The number of rotatable bonds is 4. The van der Waals surface area contributed by atoms with Crippen LogP contribution in [-0.4, -0.2) is 4.98 Å². The molecular weight excluding hydrogens is 259 g/mol. The van der Waals surface area contributed by atoms with Crippen LogP contribution in [0.5, 0.6) is 0 Å². The Balaban J connectivity index is 2.24. The van der Waals surface area contributed by atoms with Gasteiger partial charge in [-0.05, 0) is 30.9 Å². The molecule has 0 saturated heterocycles. The van der Waals surface area contributed by atoms with Crippen LogP contribution >= 0.6 is 11.3 Å². The highest BCUT2D eigenvalue weighted by atomic mass is 32.1. The monoisotopic (exact) mass is 278 g/mol. The standard InChI is InChI=1S/C15H19FN2S/c1-10(2)13-9-19-14(18-13)15(3,17)8-11-6-4-5-7-12(11)16/h4-7,9-10H,8,17H2,1-3H3. The minimum Gasteiger partial charge on any atom is -0.319 e. The summed E-state index contributed by atoms with van der Waals surface area (Å²) in [6, 6.07) is 6.76. The van der Waals surface area contributed by atoms with Crippen molar-refractivity contribution in [3.05, 3.63) is 51.7 Å². The van der Waals surface area contributed by atoms with E-state index < -0.39 is 5.54 Å². The fraction of sp³-hybridized carbons (Fsp3) is 0.400. The van der Waals surface area contributed by atoms with E-state index in [1.54, 1.807) is 23.5 Å². The van der Waals surface area contributed by atoms with E-state index in [9.17, 15) is 4.39 Å². The van der Waals surface area contributed by atoms with E-state index in [2.05, 4.69) is 18.8 Å². The van der Waals surface area contributed by atoms with Gasteiger partial charge in [0.2, 0.25) is 0 Å². The topological polar surface area (TPSA) is 38.9 Å². The molecule has 1 heterocycles. The lowest BCUT2D eigenvalue weighted by atomic mass is 9.94. The van der Waals surface area contributed by atoms with E-state index in [4.69, 9.17) is 5.73 Å². The lowest BCUT2D eigenvalue weighted by Crippen LogP contribution is -2.35. The third kappa shape index (κ3) is 3.19. The summed E-state index contributed by atoms with van der Waals surface area (Å²) in [4.78, 5) is 4.58. The molecule has 1 unspecified atom stereocenters. The van der Waals surface area contributed by atoms with Crippen LogP contribution in [0.25, 0.3) is 0 Å². The van der Waals surface area contributed by atoms with Crippen LogP contribution in [-0.2, 0) is 12.0 Å². The van der Waals surface area contributed by atoms with Gasteiger partial charge >= 0.3 is 0 Å². The molecule has 19 heavy (non-hydrogen) atoms. The first-order valence-electron chi connectivity index (χ1n) is 6.38. The summed E-state index contributed by atoms with van der Waals surface area (Å²) in [5.41, 5.74) is 7.37. The van der Waals surface area contributed by atoms with Crippen LogP contribution in [0.1, 0.15) is 43.0 Å². The van der Waals surface area contributed by atoms with Crippen molar-refractivity contribution in [1.82, 2.24) is 4.98 Å². The number of aromatic nitrogens is 1. The molecule has 2 N–H and O–H groups in total. The third-order valence-corrected chi connectivity index (χ3v) is 4.26. The number of thiazole rings is 1. The molecule has 0 bridgehead atoms. The van der Waals surface area contributed by atoms with Gasteiger partial charge in [-0.15, -0.1) is 11.3 Å². The number of halogens is 1. The maximum Gasteiger partial charge on any atom is 0.126 e. The summed E-state index contributed by atoms with van der Waals surface area (Å²) < 4.78 is 13.7. The first-order valence-corrected chi connectivity index (χ1v) is 7.26. The summed E-state index contributed by atoms with van der Waals surface area (Å²) >= 11 is 1.55. The SMILES string of the molecule is CC(C)c1csc(C(C)(N)Cc2ccccc2F)n1. The summed E-state index contributed by atoms with van der Waals surface area (Å²) in [5, 5.41) is 2.89. The average molecular weight is 278 g/mol. The molecule has 2 rings (SSSR count). The molecule has 0 aliphatic rings. The van der Waals surface area contributed by atoms with Crippen molar-refractivity contribution in [2.75, 3.05) is 0 Å². The second-order valence-electron chi connectivity index (χ2n) is 5.42. The van der Waals surface area contributed by atoms with Gasteiger partial charge < -0.3 is 5.73 Å². The van der Waals surface area contributed by atoms with Crippen molar-refractivity contribution in [2.24, 2.45) is 5.73 Å². The molecule has 1 atom stereocenters. The Morgan fingerprint density at radius 1 is 1.37 bits per heavy atom. The Hall–Kier alpha value is -1.26. The Bertz CT molecular complexity index is 561. The first-order chi connectivity index (χ1) is 8.90. The zero-order valence-corrected chi connectivity index (χ0v) is 12.3. The molecule has 102 valence electrons. The number of hydrogen-bond acceptors (Lipinski definition) is 3. The molecule has 0 saturated carbocycles. The third-order valence-electron chi connectivity index (χ3n) is 3.12. The molecule has 0 aliphatic carbocycles. The molecule has 0 spiro atoms. The van der Waals surface area contributed by atoms with Crippen molar-refractivity contribution in [3.8, 4) is 0 Å². The number of hydrogen-bond donors (Lipinski definition) is 1. The van der Waals surface area contributed by atoms with E-state index in [0.29, 0.717) is 17.9 Å². The smallest absolute Gasteiger partial charge is 0.126 e. The number of nitrogens with two attached hydrogens (primary N) is 1. The van der Waals surface area contributed by atoms with Crippen LogP contribution in [0.4, 0.5) is 4.39 Å². The van der Waals surface area contributed by atoms with Gasteiger partial charge in [-0.2, -0.15) is 0 Å². The maximum absolute atomic E-state index is 13.7. The maximum atomic E-state index is 13.7. The van der Waals surface area contributed by atoms with Gasteiger partial charge in [0.1, 0.15) is 10.8 Å². The number of nitrogens with zero attached hydrogens (tertiary/aromatic N) is 1.